The first-order valence-electron chi connectivity index (χ1n) is 4.70. The normalized spacial score (nSPS) is 15.2. The summed E-state index contributed by atoms with van der Waals surface area (Å²) in [6.45, 7) is 11.3. The van der Waals surface area contributed by atoms with Gasteiger partial charge in [0.05, 0.1) is 0 Å². The Labute approximate surface area is 71.7 Å². The molecule has 0 aromatic heterocycles. The van der Waals surface area contributed by atoms with Crippen molar-refractivity contribution in [1.29, 1.82) is 0 Å². The van der Waals surface area contributed by atoms with E-state index in [0.29, 0.717) is 5.92 Å². The van der Waals surface area contributed by atoms with Gasteiger partial charge in [-0.15, -0.1) is 0 Å². The minimum atomic E-state index is 0.703. The maximum atomic E-state index is 2.31. The third-order valence-corrected chi connectivity index (χ3v) is 2.17. The van der Waals surface area contributed by atoms with Crippen LogP contribution < -0.4 is 0 Å². The monoisotopic (exact) mass is 154 g/mol. The summed E-state index contributed by atoms with van der Waals surface area (Å²) < 4.78 is 0. The smallest absolute Gasteiger partial charge is 0.0290 e. The number of allylic oxidation sites excluding steroid dienone is 2. The summed E-state index contributed by atoms with van der Waals surface area (Å²) in [5.74, 6) is 2.34. The maximum Gasteiger partial charge on any atom is -0.0290 e. The molecule has 0 aliphatic heterocycles. The highest BCUT2D eigenvalue weighted by Crippen LogP contribution is 2.14. The van der Waals surface area contributed by atoms with Crippen molar-refractivity contribution in [3.63, 3.8) is 0 Å². The Kier molecular flexibility index (Phi) is 5.27. The maximum absolute atomic E-state index is 2.31. The largest absolute Gasteiger partial charge is 0.0880 e. The molecule has 0 saturated carbocycles. The molecule has 0 aliphatic rings. The van der Waals surface area contributed by atoms with E-state index >= 15 is 0 Å². The van der Waals surface area contributed by atoms with Crippen LogP contribution in [-0.2, 0) is 0 Å². The van der Waals surface area contributed by atoms with Gasteiger partial charge in [-0.1, -0.05) is 46.8 Å². The molecule has 0 amide bonds. The van der Waals surface area contributed by atoms with Crippen LogP contribution in [0, 0.1) is 17.8 Å². The summed E-state index contributed by atoms with van der Waals surface area (Å²) in [7, 11) is 0. The van der Waals surface area contributed by atoms with Crippen LogP contribution in [0.1, 0.15) is 41.0 Å². The number of hydrogen-bond donors (Lipinski definition) is 0. The molecule has 0 rings (SSSR count). The van der Waals surface area contributed by atoms with Crippen molar-refractivity contribution in [3.05, 3.63) is 12.2 Å². The van der Waals surface area contributed by atoms with Gasteiger partial charge < -0.3 is 0 Å². The molecule has 0 nitrogen and oxygen atoms in total. The van der Waals surface area contributed by atoms with Crippen LogP contribution in [0.25, 0.3) is 0 Å². The lowest BCUT2D eigenvalue weighted by Crippen LogP contribution is -2.01. The first kappa shape index (κ1) is 10.7. The van der Waals surface area contributed by atoms with Gasteiger partial charge in [-0.3, -0.25) is 0 Å². The summed E-state index contributed by atoms with van der Waals surface area (Å²) in [6, 6.07) is 0. The van der Waals surface area contributed by atoms with Gasteiger partial charge in [0.2, 0.25) is 0 Å². The predicted molar refractivity (Wildman–Crippen MR) is 52.6 cm³/mol. The zero-order chi connectivity index (χ0) is 8.85. The van der Waals surface area contributed by atoms with Gasteiger partial charge in [0.1, 0.15) is 0 Å². The van der Waals surface area contributed by atoms with Gasteiger partial charge in [0, 0.05) is 0 Å². The summed E-state index contributed by atoms with van der Waals surface area (Å²) in [5, 5.41) is 0. The Morgan fingerprint density at radius 3 is 1.91 bits per heavy atom. The lowest BCUT2D eigenvalue weighted by molar-refractivity contribution is 0.423. The molecule has 0 bridgehead atoms. The molecule has 0 aromatic rings. The molecule has 0 saturated heterocycles. The van der Waals surface area contributed by atoms with Crippen molar-refractivity contribution < 1.29 is 0 Å². The molecular formula is C11H22. The standard InChI is InChI=1S/C11H22/c1-9(2)7-6-8-11(5)10(3)4/h6-7,9-11H,8H2,1-5H3/b7-6-/t11-/m1/s1. The van der Waals surface area contributed by atoms with Gasteiger partial charge in [0.15, 0.2) is 0 Å². The highest BCUT2D eigenvalue weighted by atomic mass is 14.1. The summed E-state index contributed by atoms with van der Waals surface area (Å²) in [5.41, 5.74) is 0. The van der Waals surface area contributed by atoms with Gasteiger partial charge in [-0.05, 0) is 24.2 Å². The van der Waals surface area contributed by atoms with E-state index in [1.807, 2.05) is 0 Å². The molecule has 1 atom stereocenters. The molecule has 66 valence electrons. The molecule has 0 spiro atoms. The second kappa shape index (κ2) is 5.40. The van der Waals surface area contributed by atoms with Gasteiger partial charge in [-0.25, -0.2) is 0 Å². The molecule has 0 heteroatoms. The number of rotatable bonds is 4. The van der Waals surface area contributed by atoms with Crippen molar-refractivity contribution in [3.8, 4) is 0 Å². The highest BCUT2D eigenvalue weighted by Gasteiger charge is 2.03. The van der Waals surface area contributed by atoms with Gasteiger partial charge in [-0.2, -0.15) is 0 Å². The summed E-state index contributed by atoms with van der Waals surface area (Å²) >= 11 is 0. The molecule has 0 N–H and O–H groups in total. The average Bonchev–Trinajstić information content (AvgIpc) is 1.86. The van der Waals surface area contributed by atoms with Crippen LogP contribution in [0.5, 0.6) is 0 Å². The lowest BCUT2D eigenvalue weighted by Gasteiger charge is -2.12. The third kappa shape index (κ3) is 6.15. The van der Waals surface area contributed by atoms with Crippen LogP contribution in [0.15, 0.2) is 12.2 Å². The van der Waals surface area contributed by atoms with Gasteiger partial charge in [0.25, 0.3) is 0 Å². The Balaban J connectivity index is 3.53. The fourth-order valence-electron chi connectivity index (χ4n) is 0.838. The van der Waals surface area contributed by atoms with Crippen LogP contribution in [-0.4, -0.2) is 0 Å². The average molecular weight is 154 g/mol. The van der Waals surface area contributed by atoms with E-state index in [0.717, 1.165) is 11.8 Å². The van der Waals surface area contributed by atoms with E-state index < -0.39 is 0 Å². The molecule has 0 heterocycles. The quantitative estimate of drug-likeness (QED) is 0.539. The second-order valence-corrected chi connectivity index (χ2v) is 4.13. The lowest BCUT2D eigenvalue weighted by atomic mass is 9.94. The van der Waals surface area contributed by atoms with Crippen LogP contribution in [0.2, 0.25) is 0 Å². The van der Waals surface area contributed by atoms with E-state index in [2.05, 4.69) is 46.8 Å². The fourth-order valence-corrected chi connectivity index (χ4v) is 0.838. The molecule has 0 unspecified atom stereocenters. The SMILES string of the molecule is CC(C)/C=C\C[C@@H](C)C(C)C. The summed E-state index contributed by atoms with van der Waals surface area (Å²) in [4.78, 5) is 0. The first-order chi connectivity index (χ1) is 5.04. The van der Waals surface area contributed by atoms with E-state index in [1.54, 1.807) is 0 Å². The number of hydrogen-bond acceptors (Lipinski definition) is 0. The molecule has 0 aliphatic carbocycles. The summed E-state index contributed by atoms with van der Waals surface area (Å²) in [6.07, 6.45) is 5.84. The van der Waals surface area contributed by atoms with Crippen molar-refractivity contribution in [2.24, 2.45) is 17.8 Å². The zero-order valence-electron chi connectivity index (χ0n) is 8.59. The fraction of sp³-hybridized carbons (Fsp3) is 0.818. The molecule has 0 aromatic carbocycles. The molecule has 11 heavy (non-hydrogen) atoms. The molecular weight excluding hydrogens is 132 g/mol. The van der Waals surface area contributed by atoms with Crippen molar-refractivity contribution in [2.75, 3.05) is 0 Å². The van der Waals surface area contributed by atoms with E-state index in [4.69, 9.17) is 0 Å². The second-order valence-electron chi connectivity index (χ2n) is 4.13. The highest BCUT2D eigenvalue weighted by molar-refractivity contribution is 4.86. The van der Waals surface area contributed by atoms with E-state index in [-0.39, 0.29) is 0 Å². The topological polar surface area (TPSA) is 0 Å². The van der Waals surface area contributed by atoms with E-state index in [9.17, 15) is 0 Å². The Bertz CT molecular complexity index is 109. The predicted octanol–water partition coefficient (Wildman–Crippen LogP) is 3.88. The van der Waals surface area contributed by atoms with Crippen LogP contribution in [0.4, 0.5) is 0 Å². The zero-order valence-corrected chi connectivity index (χ0v) is 8.59. The van der Waals surface area contributed by atoms with Crippen molar-refractivity contribution in [2.45, 2.75) is 41.0 Å². The van der Waals surface area contributed by atoms with E-state index in [1.165, 1.54) is 6.42 Å². The Morgan fingerprint density at radius 2 is 1.55 bits per heavy atom. The van der Waals surface area contributed by atoms with Gasteiger partial charge >= 0.3 is 0 Å². The first-order valence-corrected chi connectivity index (χ1v) is 4.70. The Hall–Kier alpha value is -0.260. The van der Waals surface area contributed by atoms with Crippen molar-refractivity contribution in [1.82, 2.24) is 0 Å². The Morgan fingerprint density at radius 1 is 1.00 bits per heavy atom. The van der Waals surface area contributed by atoms with Crippen LogP contribution >= 0.6 is 0 Å². The molecule has 0 fully saturated rings. The molecule has 0 radical (unpaired) electrons. The minimum absolute atomic E-state index is 0.703. The van der Waals surface area contributed by atoms with Crippen LogP contribution in [0.3, 0.4) is 0 Å². The third-order valence-electron chi connectivity index (χ3n) is 2.17. The minimum Gasteiger partial charge on any atom is -0.0880 e. The van der Waals surface area contributed by atoms with Crippen molar-refractivity contribution >= 4 is 0 Å².